The molecule has 0 radical (unpaired) electrons. The highest BCUT2D eigenvalue weighted by Gasteiger charge is 2.19. The Morgan fingerprint density at radius 2 is 1.70 bits per heavy atom. The summed E-state index contributed by atoms with van der Waals surface area (Å²) in [7, 11) is 0. The predicted octanol–water partition coefficient (Wildman–Crippen LogP) is 5.07. The van der Waals surface area contributed by atoms with Gasteiger partial charge in [0.25, 0.3) is 5.91 Å². The van der Waals surface area contributed by atoms with Crippen LogP contribution in [0.2, 0.25) is 10.0 Å². The molecule has 3 rings (SSSR count). The van der Waals surface area contributed by atoms with E-state index in [9.17, 15) is 4.79 Å². The lowest BCUT2D eigenvalue weighted by Crippen LogP contribution is -2.36. The molecule has 0 spiro atoms. The number of carbonyl (C=O) groups is 1. The first-order valence-corrected chi connectivity index (χ1v) is 10.4. The van der Waals surface area contributed by atoms with E-state index < -0.39 is 0 Å². The Kier molecular flexibility index (Phi) is 7.57. The highest BCUT2D eigenvalue weighted by atomic mass is 35.5. The van der Waals surface area contributed by atoms with Crippen molar-refractivity contribution < 1.29 is 4.79 Å². The molecule has 0 saturated carbocycles. The van der Waals surface area contributed by atoms with Crippen molar-refractivity contribution in [3.05, 3.63) is 69.7 Å². The third kappa shape index (κ3) is 6.53. The van der Waals surface area contributed by atoms with Gasteiger partial charge in [-0.3, -0.25) is 4.79 Å². The van der Waals surface area contributed by atoms with Crippen molar-refractivity contribution in [2.45, 2.75) is 25.7 Å². The maximum Gasteiger partial charge on any atom is 0.251 e. The highest BCUT2D eigenvalue weighted by Crippen LogP contribution is 2.22. The highest BCUT2D eigenvalue weighted by molar-refractivity contribution is 6.35. The van der Waals surface area contributed by atoms with Crippen LogP contribution in [-0.2, 0) is 6.42 Å². The molecule has 1 aliphatic heterocycles. The van der Waals surface area contributed by atoms with Gasteiger partial charge in [0.2, 0.25) is 0 Å². The molecule has 0 unspecified atom stereocenters. The van der Waals surface area contributed by atoms with Gasteiger partial charge in [-0.2, -0.15) is 0 Å². The molecule has 27 heavy (non-hydrogen) atoms. The Hall–Kier alpha value is -1.55. The van der Waals surface area contributed by atoms with E-state index in [2.05, 4.69) is 40.5 Å². The van der Waals surface area contributed by atoms with Crippen molar-refractivity contribution in [2.75, 3.05) is 26.2 Å². The number of carbonyl (C=O) groups excluding carboxylic acids is 1. The largest absolute Gasteiger partial charge is 0.352 e. The SMILES string of the molecule is O=C(NCCCN1CCC(Cc2ccccc2)CC1)c1cc(Cl)cc(Cl)c1. The fourth-order valence-corrected chi connectivity index (χ4v) is 4.18. The van der Waals surface area contributed by atoms with Crippen LogP contribution in [0, 0.1) is 5.92 Å². The molecule has 1 heterocycles. The fraction of sp³-hybridized carbons (Fsp3) is 0.409. The van der Waals surface area contributed by atoms with Gasteiger partial charge in [-0.05, 0) is 75.0 Å². The van der Waals surface area contributed by atoms with E-state index in [1.165, 1.54) is 24.8 Å². The second-order valence-corrected chi connectivity index (χ2v) is 8.12. The second-order valence-electron chi connectivity index (χ2n) is 7.24. The van der Waals surface area contributed by atoms with E-state index in [0.717, 1.165) is 32.0 Å². The smallest absolute Gasteiger partial charge is 0.251 e. The Labute approximate surface area is 171 Å². The Morgan fingerprint density at radius 3 is 2.37 bits per heavy atom. The van der Waals surface area contributed by atoms with Crippen LogP contribution in [0.3, 0.4) is 0 Å². The van der Waals surface area contributed by atoms with E-state index in [4.69, 9.17) is 23.2 Å². The lowest BCUT2D eigenvalue weighted by atomic mass is 9.90. The van der Waals surface area contributed by atoms with Crippen LogP contribution < -0.4 is 5.32 Å². The molecule has 1 amide bonds. The number of hydrogen-bond acceptors (Lipinski definition) is 2. The lowest BCUT2D eigenvalue weighted by molar-refractivity contribution is 0.0950. The van der Waals surface area contributed by atoms with Crippen molar-refractivity contribution in [2.24, 2.45) is 5.92 Å². The number of piperidine rings is 1. The number of benzene rings is 2. The van der Waals surface area contributed by atoms with Gasteiger partial charge < -0.3 is 10.2 Å². The van der Waals surface area contributed by atoms with E-state index in [0.29, 0.717) is 22.2 Å². The summed E-state index contributed by atoms with van der Waals surface area (Å²) in [5.74, 6) is 0.664. The first-order valence-electron chi connectivity index (χ1n) is 9.61. The number of hydrogen-bond donors (Lipinski definition) is 1. The van der Waals surface area contributed by atoms with Crippen LogP contribution in [0.1, 0.15) is 35.2 Å². The minimum atomic E-state index is -0.124. The quantitative estimate of drug-likeness (QED) is 0.653. The first kappa shape index (κ1) is 20.2. The number of likely N-dealkylation sites (tertiary alicyclic amines) is 1. The van der Waals surface area contributed by atoms with Gasteiger partial charge in [-0.1, -0.05) is 53.5 Å². The van der Waals surface area contributed by atoms with Gasteiger partial charge >= 0.3 is 0 Å². The zero-order chi connectivity index (χ0) is 19.1. The Balaban J connectivity index is 1.33. The molecule has 1 saturated heterocycles. The molecular weight excluding hydrogens is 379 g/mol. The number of halogens is 2. The van der Waals surface area contributed by atoms with Crippen LogP contribution >= 0.6 is 23.2 Å². The maximum absolute atomic E-state index is 12.2. The zero-order valence-corrected chi connectivity index (χ0v) is 17.0. The third-order valence-corrected chi connectivity index (χ3v) is 5.57. The predicted molar refractivity (Wildman–Crippen MR) is 113 cm³/mol. The molecule has 1 N–H and O–H groups in total. The summed E-state index contributed by atoms with van der Waals surface area (Å²) >= 11 is 11.9. The van der Waals surface area contributed by atoms with Gasteiger partial charge in [-0.25, -0.2) is 0 Å². The molecule has 2 aromatic rings. The number of rotatable bonds is 7. The molecular formula is C22H26Cl2N2O. The number of nitrogens with zero attached hydrogens (tertiary/aromatic N) is 1. The first-order chi connectivity index (χ1) is 13.1. The standard InChI is InChI=1S/C22H26Cl2N2O/c23-20-14-19(15-21(24)16-20)22(27)25-9-4-10-26-11-7-18(8-12-26)13-17-5-2-1-3-6-17/h1-3,5-6,14-16,18H,4,7-13H2,(H,25,27). The van der Waals surface area contributed by atoms with Gasteiger partial charge in [0, 0.05) is 22.2 Å². The summed E-state index contributed by atoms with van der Waals surface area (Å²) < 4.78 is 0. The minimum Gasteiger partial charge on any atom is -0.352 e. The summed E-state index contributed by atoms with van der Waals surface area (Å²) in [6.07, 6.45) is 4.64. The average molecular weight is 405 g/mol. The maximum atomic E-state index is 12.2. The van der Waals surface area contributed by atoms with Crippen LogP contribution in [-0.4, -0.2) is 37.0 Å². The molecule has 0 atom stereocenters. The van der Waals surface area contributed by atoms with Crippen molar-refractivity contribution >= 4 is 29.1 Å². The van der Waals surface area contributed by atoms with E-state index in [1.54, 1.807) is 18.2 Å². The monoisotopic (exact) mass is 404 g/mol. The molecule has 3 nitrogen and oxygen atoms in total. The molecule has 2 aromatic carbocycles. The van der Waals surface area contributed by atoms with Crippen LogP contribution in [0.15, 0.2) is 48.5 Å². The molecule has 0 bridgehead atoms. The summed E-state index contributed by atoms with van der Waals surface area (Å²) in [5, 5.41) is 3.91. The topological polar surface area (TPSA) is 32.3 Å². The van der Waals surface area contributed by atoms with Crippen LogP contribution in [0.4, 0.5) is 0 Å². The van der Waals surface area contributed by atoms with E-state index >= 15 is 0 Å². The van der Waals surface area contributed by atoms with Crippen LogP contribution in [0.25, 0.3) is 0 Å². The van der Waals surface area contributed by atoms with Gasteiger partial charge in [0.05, 0.1) is 0 Å². The number of nitrogens with one attached hydrogen (secondary N) is 1. The average Bonchev–Trinajstić information content (AvgIpc) is 2.66. The molecule has 1 fully saturated rings. The van der Waals surface area contributed by atoms with E-state index in [1.807, 2.05) is 0 Å². The summed E-state index contributed by atoms with van der Waals surface area (Å²) in [6, 6.07) is 15.7. The Morgan fingerprint density at radius 1 is 1.04 bits per heavy atom. The van der Waals surface area contributed by atoms with Crippen LogP contribution in [0.5, 0.6) is 0 Å². The van der Waals surface area contributed by atoms with Crippen molar-refractivity contribution in [3.63, 3.8) is 0 Å². The van der Waals surface area contributed by atoms with Crippen molar-refractivity contribution in [3.8, 4) is 0 Å². The van der Waals surface area contributed by atoms with E-state index in [-0.39, 0.29) is 5.91 Å². The molecule has 0 aromatic heterocycles. The van der Waals surface area contributed by atoms with Crippen molar-refractivity contribution in [1.29, 1.82) is 0 Å². The second kappa shape index (κ2) is 10.1. The van der Waals surface area contributed by atoms with Crippen molar-refractivity contribution in [1.82, 2.24) is 10.2 Å². The third-order valence-electron chi connectivity index (χ3n) is 5.14. The van der Waals surface area contributed by atoms with Gasteiger partial charge in [0.15, 0.2) is 0 Å². The molecule has 144 valence electrons. The Bertz CT molecular complexity index is 723. The summed E-state index contributed by atoms with van der Waals surface area (Å²) in [5.41, 5.74) is 1.95. The fourth-order valence-electron chi connectivity index (χ4n) is 3.65. The molecule has 5 heteroatoms. The normalized spacial score (nSPS) is 15.6. The lowest BCUT2D eigenvalue weighted by Gasteiger charge is -2.32. The summed E-state index contributed by atoms with van der Waals surface area (Å²) in [6.45, 7) is 3.98. The summed E-state index contributed by atoms with van der Waals surface area (Å²) in [4.78, 5) is 14.7. The number of amides is 1. The molecule has 0 aliphatic carbocycles. The molecule has 1 aliphatic rings. The minimum absolute atomic E-state index is 0.124. The van der Waals surface area contributed by atoms with Gasteiger partial charge in [-0.15, -0.1) is 0 Å². The van der Waals surface area contributed by atoms with Gasteiger partial charge in [0.1, 0.15) is 0 Å². The zero-order valence-electron chi connectivity index (χ0n) is 15.5.